The molecule has 0 aromatic carbocycles. The highest BCUT2D eigenvalue weighted by Crippen LogP contribution is 1.79. The molecule has 0 atom stereocenters. The van der Waals surface area contributed by atoms with Crippen molar-refractivity contribution in [1.29, 1.82) is 5.41 Å². The third-order valence-corrected chi connectivity index (χ3v) is 0.874. The molecule has 0 aliphatic rings. The molecule has 0 heterocycles. The van der Waals surface area contributed by atoms with Gasteiger partial charge < -0.3 is 11.1 Å². The van der Waals surface area contributed by atoms with Crippen LogP contribution in [0.5, 0.6) is 0 Å². The molecular weight excluding hydrogens is 136 g/mol. The first-order valence-corrected chi connectivity index (χ1v) is 3.29. The molecule has 0 spiro atoms. The molecule has 58 valence electrons. The Balaban J connectivity index is 3.59. The van der Waals surface area contributed by atoms with E-state index >= 15 is 0 Å². The van der Waals surface area contributed by atoms with Gasteiger partial charge in [-0.25, -0.2) is 0 Å². The average molecular weight is 148 g/mol. The minimum atomic E-state index is 1.23. The summed E-state index contributed by atoms with van der Waals surface area (Å²) in [5.41, 5.74) is 5.09. The van der Waals surface area contributed by atoms with Crippen molar-refractivity contribution < 1.29 is 0 Å². The van der Waals surface area contributed by atoms with E-state index in [4.69, 9.17) is 11.1 Å². The van der Waals surface area contributed by atoms with E-state index in [1.165, 1.54) is 12.4 Å². The van der Waals surface area contributed by atoms with Gasteiger partial charge in [-0.1, -0.05) is 30.4 Å². The lowest BCUT2D eigenvalue weighted by molar-refractivity contribution is 1.58. The molecule has 0 amide bonds. The summed E-state index contributed by atoms with van der Waals surface area (Å²) in [6.07, 6.45) is 15.3. The molecule has 0 saturated carbocycles. The number of allylic oxidation sites excluding steroid dienone is 7. The van der Waals surface area contributed by atoms with Crippen molar-refractivity contribution in [3.05, 3.63) is 48.7 Å². The molecule has 0 aliphatic carbocycles. The van der Waals surface area contributed by atoms with Crippen LogP contribution in [0.15, 0.2) is 48.7 Å². The minimum Gasteiger partial charge on any atom is -0.405 e. The van der Waals surface area contributed by atoms with Gasteiger partial charge in [0.05, 0.1) is 0 Å². The zero-order valence-electron chi connectivity index (χ0n) is 6.27. The number of hydrogen-bond acceptors (Lipinski definition) is 2. The molecular formula is C9H12N2. The van der Waals surface area contributed by atoms with E-state index in [0.717, 1.165) is 0 Å². The first-order chi connectivity index (χ1) is 5.41. The fraction of sp³-hybridized carbons (Fsp3) is 0. The first-order valence-electron chi connectivity index (χ1n) is 3.29. The third-order valence-electron chi connectivity index (χ3n) is 0.874. The normalized spacial score (nSPS) is 12.7. The van der Waals surface area contributed by atoms with E-state index in [9.17, 15) is 0 Å². The van der Waals surface area contributed by atoms with Crippen LogP contribution in [0.1, 0.15) is 0 Å². The topological polar surface area (TPSA) is 49.9 Å². The standard InChI is InChI=1S/C9H12N2/c10-8-6-4-2-1-3-5-7-9-11/h1-10H,11H2. The Hall–Kier alpha value is -1.57. The molecule has 0 saturated heterocycles. The number of nitrogens with one attached hydrogen (secondary N) is 1. The van der Waals surface area contributed by atoms with E-state index in [1.54, 1.807) is 18.2 Å². The van der Waals surface area contributed by atoms with Crippen molar-refractivity contribution in [2.75, 3.05) is 0 Å². The van der Waals surface area contributed by atoms with Crippen LogP contribution in [0.25, 0.3) is 0 Å². The Morgan fingerprint density at radius 1 is 0.727 bits per heavy atom. The van der Waals surface area contributed by atoms with Crippen molar-refractivity contribution in [1.82, 2.24) is 0 Å². The van der Waals surface area contributed by atoms with Crippen LogP contribution in [0.2, 0.25) is 0 Å². The van der Waals surface area contributed by atoms with E-state index in [2.05, 4.69) is 0 Å². The van der Waals surface area contributed by atoms with Crippen molar-refractivity contribution >= 4 is 6.21 Å². The summed E-state index contributed by atoms with van der Waals surface area (Å²) in [5.74, 6) is 0. The molecule has 2 nitrogen and oxygen atoms in total. The van der Waals surface area contributed by atoms with E-state index in [0.29, 0.717) is 0 Å². The Bertz CT molecular complexity index is 198. The van der Waals surface area contributed by atoms with Crippen molar-refractivity contribution in [3.8, 4) is 0 Å². The van der Waals surface area contributed by atoms with Gasteiger partial charge in [0.2, 0.25) is 0 Å². The van der Waals surface area contributed by atoms with Gasteiger partial charge in [-0.15, -0.1) is 0 Å². The van der Waals surface area contributed by atoms with Crippen molar-refractivity contribution in [2.24, 2.45) is 5.73 Å². The fourth-order valence-corrected chi connectivity index (χ4v) is 0.440. The maximum absolute atomic E-state index is 6.66. The van der Waals surface area contributed by atoms with Gasteiger partial charge in [0.25, 0.3) is 0 Å². The second-order valence-corrected chi connectivity index (χ2v) is 1.71. The Kier molecular flexibility index (Phi) is 7.23. The Morgan fingerprint density at radius 2 is 1.18 bits per heavy atom. The van der Waals surface area contributed by atoms with Crippen molar-refractivity contribution in [2.45, 2.75) is 0 Å². The fourth-order valence-electron chi connectivity index (χ4n) is 0.440. The summed E-state index contributed by atoms with van der Waals surface area (Å²) in [4.78, 5) is 0. The molecule has 3 N–H and O–H groups in total. The van der Waals surface area contributed by atoms with Gasteiger partial charge in [-0.3, -0.25) is 0 Å². The van der Waals surface area contributed by atoms with E-state index in [1.807, 2.05) is 24.3 Å². The first kappa shape index (κ1) is 9.43. The van der Waals surface area contributed by atoms with Gasteiger partial charge in [0.1, 0.15) is 0 Å². The summed E-state index contributed by atoms with van der Waals surface area (Å²) in [6, 6.07) is 0. The molecule has 0 aromatic rings. The largest absolute Gasteiger partial charge is 0.405 e. The van der Waals surface area contributed by atoms with E-state index in [-0.39, 0.29) is 0 Å². The molecule has 0 unspecified atom stereocenters. The number of hydrogen-bond donors (Lipinski definition) is 2. The van der Waals surface area contributed by atoms with Crippen LogP contribution in [0, 0.1) is 5.41 Å². The van der Waals surface area contributed by atoms with Crippen LogP contribution in [0.4, 0.5) is 0 Å². The maximum atomic E-state index is 6.66. The molecule has 0 fully saturated rings. The lowest BCUT2D eigenvalue weighted by atomic mass is 10.4. The second-order valence-electron chi connectivity index (χ2n) is 1.71. The van der Waals surface area contributed by atoms with Gasteiger partial charge in [0.15, 0.2) is 0 Å². The predicted octanol–water partition coefficient (Wildman–Crippen LogP) is 1.78. The lowest BCUT2D eigenvalue weighted by Crippen LogP contribution is -1.71. The number of rotatable bonds is 4. The minimum absolute atomic E-state index is 1.23. The summed E-state index contributed by atoms with van der Waals surface area (Å²) in [6.45, 7) is 0. The van der Waals surface area contributed by atoms with Crippen LogP contribution < -0.4 is 5.73 Å². The molecule has 11 heavy (non-hydrogen) atoms. The highest BCUT2D eigenvalue weighted by Gasteiger charge is 1.60. The SMILES string of the molecule is N=CC=CC=CC=CC=CN. The monoisotopic (exact) mass is 148 g/mol. The summed E-state index contributed by atoms with van der Waals surface area (Å²) in [7, 11) is 0. The van der Waals surface area contributed by atoms with Crippen LogP contribution >= 0.6 is 0 Å². The zero-order chi connectivity index (χ0) is 8.36. The highest BCUT2D eigenvalue weighted by atomic mass is 14.5. The van der Waals surface area contributed by atoms with Gasteiger partial charge >= 0.3 is 0 Å². The smallest absolute Gasteiger partial charge is 0.0177 e. The number of nitrogens with two attached hydrogens (primary N) is 1. The second kappa shape index (κ2) is 8.43. The van der Waals surface area contributed by atoms with Crippen LogP contribution in [-0.4, -0.2) is 6.21 Å². The van der Waals surface area contributed by atoms with Gasteiger partial charge in [-0.05, 0) is 18.4 Å². The van der Waals surface area contributed by atoms with Gasteiger partial charge in [-0.2, -0.15) is 0 Å². The summed E-state index contributed by atoms with van der Waals surface area (Å²) in [5, 5.41) is 6.66. The highest BCUT2D eigenvalue weighted by molar-refractivity contribution is 5.68. The summed E-state index contributed by atoms with van der Waals surface area (Å²) < 4.78 is 0. The zero-order valence-corrected chi connectivity index (χ0v) is 6.27. The van der Waals surface area contributed by atoms with Gasteiger partial charge in [0, 0.05) is 6.21 Å². The molecule has 0 radical (unpaired) electrons. The third kappa shape index (κ3) is 8.43. The lowest BCUT2D eigenvalue weighted by Gasteiger charge is -1.71. The maximum Gasteiger partial charge on any atom is 0.0177 e. The average Bonchev–Trinajstić information content (AvgIpc) is 2.03. The quantitative estimate of drug-likeness (QED) is 0.463. The molecule has 0 rings (SSSR count). The summed E-state index contributed by atoms with van der Waals surface area (Å²) >= 11 is 0. The molecule has 2 heteroatoms. The van der Waals surface area contributed by atoms with Crippen LogP contribution in [0.3, 0.4) is 0 Å². The molecule has 0 aliphatic heterocycles. The van der Waals surface area contributed by atoms with Crippen LogP contribution in [-0.2, 0) is 0 Å². The van der Waals surface area contributed by atoms with E-state index < -0.39 is 0 Å². The van der Waals surface area contributed by atoms with Crippen molar-refractivity contribution in [3.63, 3.8) is 0 Å². The predicted molar refractivity (Wildman–Crippen MR) is 49.5 cm³/mol. The Labute approximate surface area is 66.9 Å². The molecule has 0 aromatic heterocycles. The Morgan fingerprint density at radius 3 is 1.64 bits per heavy atom. The molecule has 0 bridgehead atoms.